The smallest absolute Gasteiger partial charge is 0.191 e. The van der Waals surface area contributed by atoms with E-state index in [0.717, 1.165) is 5.56 Å². The summed E-state index contributed by atoms with van der Waals surface area (Å²) in [5.41, 5.74) is 18.4. The molecule has 0 saturated heterocycles. The highest BCUT2D eigenvalue weighted by molar-refractivity contribution is 7.98. The summed E-state index contributed by atoms with van der Waals surface area (Å²) in [6.45, 7) is 0. The molecule has 0 bridgehead atoms. The van der Waals surface area contributed by atoms with Crippen molar-refractivity contribution in [2.24, 2.45) is 0 Å². The molecule has 0 aliphatic heterocycles. The fourth-order valence-corrected chi connectivity index (χ4v) is 2.56. The molecule has 7 heteroatoms. The Bertz CT molecular complexity index is 555. The lowest BCUT2D eigenvalue weighted by atomic mass is 10.2. The molecule has 1 heterocycles. The number of nitrogen functional groups attached to an aromatic ring is 3. The van der Waals surface area contributed by atoms with Gasteiger partial charge in [0.25, 0.3) is 0 Å². The topological polar surface area (TPSA) is 104 Å². The van der Waals surface area contributed by atoms with Gasteiger partial charge in [-0.15, -0.1) is 0 Å². The molecule has 0 saturated carbocycles. The minimum atomic E-state index is 0.355. The van der Waals surface area contributed by atoms with E-state index in [-0.39, 0.29) is 0 Å². The summed E-state index contributed by atoms with van der Waals surface area (Å²) in [6, 6.07) is 6.91. The summed E-state index contributed by atoms with van der Waals surface area (Å²) in [4.78, 5) is 8.16. The maximum Gasteiger partial charge on any atom is 0.191 e. The van der Waals surface area contributed by atoms with E-state index in [1.807, 2.05) is 6.07 Å². The summed E-state index contributed by atoms with van der Waals surface area (Å²) in [6.07, 6.45) is 0. The van der Waals surface area contributed by atoms with Gasteiger partial charge in [-0.25, -0.2) is 9.97 Å². The van der Waals surface area contributed by atoms with Crippen LogP contribution < -0.4 is 17.2 Å². The number of anilines is 3. The number of rotatable bonds is 3. The standard InChI is InChI=1S/C11H12ClN5S/c12-8-3-7(13)2-1-6(8)5-18-11-16-9(14)4-10(15)17-11/h1-4H,5,13H2,(H4,14,15,16,17). The zero-order chi connectivity index (χ0) is 13.1. The van der Waals surface area contributed by atoms with E-state index < -0.39 is 0 Å². The molecule has 0 unspecified atom stereocenters. The van der Waals surface area contributed by atoms with Crippen LogP contribution in [0.15, 0.2) is 29.4 Å². The Labute approximate surface area is 114 Å². The SMILES string of the molecule is Nc1ccc(CSc2nc(N)cc(N)n2)c(Cl)c1. The molecule has 1 aromatic heterocycles. The van der Waals surface area contributed by atoms with Gasteiger partial charge in [0, 0.05) is 22.5 Å². The van der Waals surface area contributed by atoms with Gasteiger partial charge in [-0.1, -0.05) is 29.4 Å². The minimum absolute atomic E-state index is 0.355. The van der Waals surface area contributed by atoms with Gasteiger partial charge in [0.15, 0.2) is 5.16 Å². The predicted molar refractivity (Wildman–Crippen MR) is 76.3 cm³/mol. The van der Waals surface area contributed by atoms with Gasteiger partial charge >= 0.3 is 0 Å². The van der Waals surface area contributed by atoms with Gasteiger partial charge in [-0.2, -0.15) is 0 Å². The number of nitrogens with zero attached hydrogens (tertiary/aromatic N) is 2. The third-order valence-electron chi connectivity index (χ3n) is 2.18. The highest BCUT2D eigenvalue weighted by atomic mass is 35.5. The van der Waals surface area contributed by atoms with E-state index >= 15 is 0 Å². The van der Waals surface area contributed by atoms with Crippen molar-refractivity contribution in [2.75, 3.05) is 17.2 Å². The summed E-state index contributed by atoms with van der Waals surface area (Å²) in [5, 5.41) is 1.15. The molecule has 18 heavy (non-hydrogen) atoms. The average Bonchev–Trinajstić information content (AvgIpc) is 2.26. The maximum absolute atomic E-state index is 6.07. The first-order valence-electron chi connectivity index (χ1n) is 5.11. The lowest BCUT2D eigenvalue weighted by Gasteiger charge is -2.05. The normalized spacial score (nSPS) is 10.5. The Morgan fingerprint density at radius 1 is 1.06 bits per heavy atom. The molecule has 94 valence electrons. The molecule has 6 N–H and O–H groups in total. The molecule has 5 nitrogen and oxygen atoms in total. The van der Waals surface area contributed by atoms with Crippen molar-refractivity contribution in [3.05, 3.63) is 34.9 Å². The second kappa shape index (κ2) is 5.32. The quantitative estimate of drug-likeness (QED) is 0.452. The van der Waals surface area contributed by atoms with Crippen LogP contribution in [0.1, 0.15) is 5.56 Å². The lowest BCUT2D eigenvalue weighted by Crippen LogP contribution is -1.99. The molecule has 1 aromatic carbocycles. The largest absolute Gasteiger partial charge is 0.399 e. The summed E-state index contributed by atoms with van der Waals surface area (Å²) < 4.78 is 0. The zero-order valence-corrected chi connectivity index (χ0v) is 11.0. The second-order valence-corrected chi connectivity index (χ2v) is 4.99. The fraction of sp³-hybridized carbons (Fsp3) is 0.0909. The summed E-state index contributed by atoms with van der Waals surface area (Å²) in [5.74, 6) is 1.34. The maximum atomic E-state index is 6.07. The number of aromatic nitrogens is 2. The zero-order valence-electron chi connectivity index (χ0n) is 9.43. The number of halogens is 1. The van der Waals surface area contributed by atoms with Gasteiger partial charge in [-0.3, -0.25) is 0 Å². The fourth-order valence-electron chi connectivity index (χ4n) is 1.35. The Morgan fingerprint density at radius 2 is 1.72 bits per heavy atom. The van der Waals surface area contributed by atoms with Crippen LogP contribution >= 0.6 is 23.4 Å². The van der Waals surface area contributed by atoms with Crippen molar-refractivity contribution < 1.29 is 0 Å². The third-order valence-corrected chi connectivity index (χ3v) is 3.43. The Kier molecular flexibility index (Phi) is 3.78. The van der Waals surface area contributed by atoms with Crippen molar-refractivity contribution in [2.45, 2.75) is 10.9 Å². The van der Waals surface area contributed by atoms with E-state index in [4.69, 9.17) is 28.8 Å². The molecule has 0 spiro atoms. The number of nitrogens with two attached hydrogens (primary N) is 3. The van der Waals surface area contributed by atoms with Crippen LogP contribution in [0.5, 0.6) is 0 Å². The van der Waals surface area contributed by atoms with Gasteiger partial charge in [0.05, 0.1) is 0 Å². The number of thioether (sulfide) groups is 1. The van der Waals surface area contributed by atoms with Crippen LogP contribution in [0.2, 0.25) is 5.02 Å². The molecule has 0 radical (unpaired) electrons. The van der Waals surface area contributed by atoms with Crippen molar-refractivity contribution in [3.63, 3.8) is 0 Å². The van der Waals surface area contributed by atoms with E-state index in [2.05, 4.69) is 9.97 Å². The average molecular weight is 282 g/mol. The van der Waals surface area contributed by atoms with Crippen LogP contribution in [0.4, 0.5) is 17.3 Å². The van der Waals surface area contributed by atoms with Crippen molar-refractivity contribution in [1.82, 2.24) is 9.97 Å². The molecular formula is C11H12ClN5S. The first-order chi connectivity index (χ1) is 8.54. The van der Waals surface area contributed by atoms with Crippen molar-refractivity contribution in [3.8, 4) is 0 Å². The number of hydrogen-bond acceptors (Lipinski definition) is 6. The molecule has 2 rings (SSSR count). The highest BCUT2D eigenvalue weighted by Crippen LogP contribution is 2.26. The van der Waals surface area contributed by atoms with Crippen molar-refractivity contribution in [1.29, 1.82) is 0 Å². The third kappa shape index (κ3) is 3.18. The van der Waals surface area contributed by atoms with Gasteiger partial charge in [-0.05, 0) is 17.7 Å². The summed E-state index contributed by atoms with van der Waals surface area (Å²) >= 11 is 7.49. The molecule has 0 fully saturated rings. The predicted octanol–water partition coefficient (Wildman–Crippen LogP) is 2.17. The van der Waals surface area contributed by atoms with Crippen LogP contribution in [0.3, 0.4) is 0 Å². The van der Waals surface area contributed by atoms with E-state index in [0.29, 0.717) is 33.3 Å². The number of hydrogen-bond donors (Lipinski definition) is 3. The first kappa shape index (κ1) is 12.8. The van der Waals surface area contributed by atoms with Crippen LogP contribution in [-0.4, -0.2) is 9.97 Å². The van der Waals surface area contributed by atoms with Gasteiger partial charge in [0.2, 0.25) is 0 Å². The summed E-state index contributed by atoms with van der Waals surface area (Å²) in [7, 11) is 0. The minimum Gasteiger partial charge on any atom is -0.399 e. The van der Waals surface area contributed by atoms with E-state index in [9.17, 15) is 0 Å². The van der Waals surface area contributed by atoms with Gasteiger partial charge in [0.1, 0.15) is 11.6 Å². The Balaban J connectivity index is 2.11. The number of benzene rings is 1. The second-order valence-electron chi connectivity index (χ2n) is 3.64. The van der Waals surface area contributed by atoms with Gasteiger partial charge < -0.3 is 17.2 Å². The molecule has 2 aromatic rings. The Hall–Kier alpha value is -1.66. The lowest BCUT2D eigenvalue weighted by molar-refractivity contribution is 0.984. The monoisotopic (exact) mass is 281 g/mol. The molecular weight excluding hydrogens is 270 g/mol. The Morgan fingerprint density at radius 3 is 2.33 bits per heavy atom. The molecule has 0 aliphatic rings. The van der Waals surface area contributed by atoms with E-state index in [1.165, 1.54) is 17.8 Å². The van der Waals surface area contributed by atoms with Crippen LogP contribution in [0.25, 0.3) is 0 Å². The first-order valence-corrected chi connectivity index (χ1v) is 6.47. The molecule has 0 aliphatic carbocycles. The van der Waals surface area contributed by atoms with Crippen molar-refractivity contribution >= 4 is 40.7 Å². The highest BCUT2D eigenvalue weighted by Gasteiger charge is 2.05. The van der Waals surface area contributed by atoms with Crippen LogP contribution in [-0.2, 0) is 5.75 Å². The molecule has 0 amide bonds. The van der Waals surface area contributed by atoms with Crippen LogP contribution in [0, 0.1) is 0 Å². The van der Waals surface area contributed by atoms with E-state index in [1.54, 1.807) is 12.1 Å². The molecule has 0 atom stereocenters.